The molecule has 6 atom stereocenters. The summed E-state index contributed by atoms with van der Waals surface area (Å²) in [6.45, 7) is 11.8. The van der Waals surface area contributed by atoms with Gasteiger partial charge in [0.1, 0.15) is 17.8 Å². The molecule has 1 N–H and O–H groups in total. The van der Waals surface area contributed by atoms with Crippen LogP contribution < -0.4 is 0 Å². The Labute approximate surface area is 227 Å². The summed E-state index contributed by atoms with van der Waals surface area (Å²) in [6, 6.07) is 0. The van der Waals surface area contributed by atoms with Gasteiger partial charge in [-0.25, -0.2) is 4.79 Å². The van der Waals surface area contributed by atoms with E-state index in [9.17, 15) is 19.5 Å². The van der Waals surface area contributed by atoms with Crippen LogP contribution in [0.1, 0.15) is 60.8 Å². The van der Waals surface area contributed by atoms with E-state index < -0.39 is 29.9 Å². The van der Waals surface area contributed by atoms with Gasteiger partial charge in [0.15, 0.2) is 0 Å². The van der Waals surface area contributed by atoms with Crippen LogP contribution in [0.25, 0.3) is 0 Å². The van der Waals surface area contributed by atoms with Gasteiger partial charge in [-0.2, -0.15) is 0 Å². The van der Waals surface area contributed by atoms with Crippen molar-refractivity contribution >= 4 is 18.0 Å². The van der Waals surface area contributed by atoms with Crippen molar-refractivity contribution in [3.05, 3.63) is 36.0 Å². The molecule has 1 amide bonds. The predicted octanol–water partition coefficient (Wildman–Crippen LogP) is 4.45. The Hall–Kier alpha value is -2.65. The van der Waals surface area contributed by atoms with Crippen LogP contribution in [0.15, 0.2) is 36.0 Å². The van der Waals surface area contributed by atoms with Crippen molar-refractivity contribution in [1.29, 1.82) is 0 Å². The molecule has 0 spiro atoms. The monoisotopic (exact) mass is 537 g/mol. The van der Waals surface area contributed by atoms with Gasteiger partial charge in [-0.15, -0.1) is 0 Å². The van der Waals surface area contributed by atoms with Crippen LogP contribution >= 0.6 is 0 Å². The zero-order valence-electron chi connectivity index (χ0n) is 24.3. The minimum Gasteiger partial charge on any atom is -0.457 e. The molecular formula is C29H47NO8. The van der Waals surface area contributed by atoms with Crippen molar-refractivity contribution in [1.82, 2.24) is 4.90 Å². The van der Waals surface area contributed by atoms with Crippen LogP contribution in [0.4, 0.5) is 4.79 Å². The van der Waals surface area contributed by atoms with E-state index in [1.54, 1.807) is 27.2 Å². The molecule has 0 saturated heterocycles. The first kappa shape index (κ1) is 33.4. The standard InChI is InChI=1S/C29H47NO8/c1-20-14-15-29(6,34)25(37-24(5)31)13-12-23(4)27(38-26(32)18-20)22(3)11-9-10-21(2)19-36-28(33)30(7)16-17-35-8/h9-13,20-21,23,25,27,34H,14-19H2,1-8H3/b10-9+,13-12+,22-11+/t20-,21-,23+,25+,27-,29-/m1/s1. The van der Waals surface area contributed by atoms with Crippen molar-refractivity contribution < 1.29 is 38.4 Å². The first-order valence-electron chi connectivity index (χ1n) is 13.3. The van der Waals surface area contributed by atoms with E-state index in [-0.39, 0.29) is 36.8 Å². The summed E-state index contributed by atoms with van der Waals surface area (Å²) in [5, 5.41) is 11.0. The van der Waals surface area contributed by atoms with Crippen LogP contribution in [0.2, 0.25) is 0 Å². The van der Waals surface area contributed by atoms with Crippen LogP contribution in [0, 0.1) is 17.8 Å². The van der Waals surface area contributed by atoms with E-state index in [0.717, 1.165) is 5.57 Å². The number of cyclic esters (lactones) is 1. The molecule has 0 radical (unpaired) electrons. The summed E-state index contributed by atoms with van der Waals surface area (Å²) >= 11 is 0. The third-order valence-corrected chi connectivity index (χ3v) is 6.55. The molecule has 1 aliphatic rings. The molecule has 0 bridgehead atoms. The van der Waals surface area contributed by atoms with E-state index >= 15 is 0 Å². The summed E-state index contributed by atoms with van der Waals surface area (Å²) in [5.74, 6) is -1.05. The smallest absolute Gasteiger partial charge is 0.409 e. The summed E-state index contributed by atoms with van der Waals surface area (Å²) in [5.41, 5.74) is -0.434. The van der Waals surface area contributed by atoms with Gasteiger partial charge < -0.3 is 29.0 Å². The fraction of sp³-hybridized carbons (Fsp3) is 0.690. The number of rotatable bonds is 9. The fourth-order valence-electron chi connectivity index (χ4n) is 3.98. The summed E-state index contributed by atoms with van der Waals surface area (Å²) in [6.07, 6.45) is 8.57. The first-order valence-corrected chi connectivity index (χ1v) is 13.3. The molecule has 0 aliphatic carbocycles. The summed E-state index contributed by atoms with van der Waals surface area (Å²) < 4.78 is 21.6. The average Bonchev–Trinajstić information content (AvgIpc) is 2.84. The molecule has 38 heavy (non-hydrogen) atoms. The van der Waals surface area contributed by atoms with Crippen LogP contribution in [-0.4, -0.2) is 79.8 Å². The Morgan fingerprint density at radius 2 is 1.97 bits per heavy atom. The summed E-state index contributed by atoms with van der Waals surface area (Å²) in [4.78, 5) is 37.9. The quantitative estimate of drug-likeness (QED) is 0.199. The fourth-order valence-corrected chi connectivity index (χ4v) is 3.98. The number of ether oxygens (including phenoxy) is 4. The Kier molecular flexibility index (Phi) is 14.4. The number of methoxy groups -OCH3 is 1. The zero-order chi connectivity index (χ0) is 28.9. The third-order valence-electron chi connectivity index (χ3n) is 6.55. The Morgan fingerprint density at radius 1 is 1.29 bits per heavy atom. The second kappa shape index (κ2) is 16.3. The van der Waals surface area contributed by atoms with Gasteiger partial charge in [0.25, 0.3) is 0 Å². The molecule has 1 heterocycles. The minimum atomic E-state index is -1.26. The highest BCUT2D eigenvalue weighted by atomic mass is 16.6. The number of carbonyl (C=O) groups is 3. The SMILES string of the molecule is COCCN(C)C(=O)OC[C@H](C)/C=C/C=C(\C)[C@H]1OC(=O)C[C@H](C)CC[C@@](C)(O)[C@@H](OC(C)=O)/C=C/[C@@H]1C. The lowest BCUT2D eigenvalue weighted by atomic mass is 9.87. The Balaban J connectivity index is 2.99. The molecule has 0 aromatic carbocycles. The second-order valence-corrected chi connectivity index (χ2v) is 10.7. The lowest BCUT2D eigenvalue weighted by Gasteiger charge is -2.32. The molecule has 9 nitrogen and oxygen atoms in total. The van der Waals surface area contributed by atoms with Crippen LogP contribution in [0.5, 0.6) is 0 Å². The van der Waals surface area contributed by atoms with Gasteiger partial charge in [0.05, 0.1) is 13.2 Å². The minimum absolute atomic E-state index is 0.00685. The lowest BCUT2D eigenvalue weighted by Crippen LogP contribution is -2.41. The molecule has 0 aromatic heterocycles. The van der Waals surface area contributed by atoms with Gasteiger partial charge in [-0.3, -0.25) is 9.59 Å². The molecular weight excluding hydrogens is 490 g/mol. The largest absolute Gasteiger partial charge is 0.457 e. The molecule has 0 aromatic rings. The van der Waals surface area contributed by atoms with Crippen molar-refractivity contribution in [3.8, 4) is 0 Å². The number of nitrogens with zero attached hydrogens (tertiary/aromatic N) is 1. The zero-order valence-corrected chi connectivity index (χ0v) is 24.3. The number of carbonyl (C=O) groups excluding carboxylic acids is 3. The normalized spacial score (nSPS) is 29.0. The highest BCUT2D eigenvalue weighted by Gasteiger charge is 2.34. The molecule has 1 aliphatic heterocycles. The molecule has 0 fully saturated rings. The molecule has 9 heteroatoms. The number of aliphatic hydroxyl groups is 1. The summed E-state index contributed by atoms with van der Waals surface area (Å²) in [7, 11) is 3.23. The number of amides is 1. The molecule has 1 rings (SSSR count). The van der Waals surface area contributed by atoms with E-state index in [0.29, 0.717) is 26.0 Å². The van der Waals surface area contributed by atoms with Crippen molar-refractivity contribution in [2.75, 3.05) is 33.9 Å². The van der Waals surface area contributed by atoms with Gasteiger partial charge in [-0.1, -0.05) is 45.1 Å². The average molecular weight is 538 g/mol. The van der Waals surface area contributed by atoms with Crippen molar-refractivity contribution in [3.63, 3.8) is 0 Å². The van der Waals surface area contributed by atoms with Crippen LogP contribution in [0.3, 0.4) is 0 Å². The van der Waals surface area contributed by atoms with Gasteiger partial charge >= 0.3 is 18.0 Å². The van der Waals surface area contributed by atoms with E-state index in [2.05, 4.69) is 0 Å². The first-order chi connectivity index (χ1) is 17.8. The third kappa shape index (κ3) is 12.3. The number of likely N-dealkylation sites (N-methyl/N-ethyl adjacent to an activating group) is 1. The Bertz CT molecular complexity index is 863. The number of hydrogen-bond acceptors (Lipinski definition) is 8. The number of hydrogen-bond donors (Lipinski definition) is 1. The van der Waals surface area contributed by atoms with E-state index in [1.165, 1.54) is 11.8 Å². The lowest BCUT2D eigenvalue weighted by molar-refractivity contribution is -0.156. The maximum absolute atomic E-state index is 12.7. The van der Waals surface area contributed by atoms with E-state index in [4.69, 9.17) is 18.9 Å². The van der Waals surface area contributed by atoms with Gasteiger partial charge in [0.2, 0.25) is 0 Å². The van der Waals surface area contributed by atoms with Crippen LogP contribution in [-0.2, 0) is 28.5 Å². The Morgan fingerprint density at radius 3 is 2.61 bits per heavy atom. The topological polar surface area (TPSA) is 112 Å². The molecule has 0 saturated carbocycles. The molecule has 0 unspecified atom stereocenters. The number of allylic oxidation sites excluding steroid dienone is 2. The van der Waals surface area contributed by atoms with Crippen molar-refractivity contribution in [2.45, 2.75) is 78.6 Å². The van der Waals surface area contributed by atoms with Gasteiger partial charge in [0, 0.05) is 45.9 Å². The van der Waals surface area contributed by atoms with Gasteiger partial charge in [-0.05, 0) is 44.3 Å². The maximum Gasteiger partial charge on any atom is 0.409 e. The second-order valence-electron chi connectivity index (χ2n) is 10.7. The van der Waals surface area contributed by atoms with Crippen molar-refractivity contribution in [2.24, 2.45) is 17.8 Å². The number of esters is 2. The highest BCUT2D eigenvalue weighted by molar-refractivity contribution is 5.70. The molecule has 216 valence electrons. The predicted molar refractivity (Wildman–Crippen MR) is 145 cm³/mol. The highest BCUT2D eigenvalue weighted by Crippen LogP contribution is 2.28. The maximum atomic E-state index is 12.7. The van der Waals surface area contributed by atoms with E-state index in [1.807, 2.05) is 52.0 Å².